The molecule has 13 heteroatoms. The van der Waals surface area contributed by atoms with Gasteiger partial charge in [0.2, 0.25) is 0 Å². The zero-order valence-corrected chi connectivity index (χ0v) is 65.3. The lowest BCUT2D eigenvalue weighted by Crippen LogP contribution is -2.26. The number of unbranched alkanes of at least 4 members (excludes halogenated alkanes) is 56. The van der Waals surface area contributed by atoms with Gasteiger partial charge in [0.25, 0.3) is 0 Å². The number of aliphatic hydroxyl groups excluding tert-OH is 4. The minimum Gasteiger partial charge on any atom is -0.463 e. The summed E-state index contributed by atoms with van der Waals surface area (Å²) in [6.45, 7) is 12.5. The highest BCUT2D eigenvalue weighted by Gasteiger charge is 2.14. The van der Waals surface area contributed by atoms with Crippen LogP contribution in [0.15, 0.2) is 0 Å². The van der Waals surface area contributed by atoms with E-state index in [1.54, 1.807) is 0 Å². The maximum atomic E-state index is 12.2. The minimum absolute atomic E-state index is 0.103. The molecule has 0 rings (SSSR count). The van der Waals surface area contributed by atoms with Crippen molar-refractivity contribution in [2.75, 3.05) is 39.6 Å². The van der Waals surface area contributed by atoms with Gasteiger partial charge in [0.1, 0.15) is 38.1 Å². The number of aliphatic hydroxyl groups is 4. The van der Waals surface area contributed by atoms with E-state index in [1.807, 2.05) is 13.8 Å². The fourth-order valence-corrected chi connectivity index (χ4v) is 12.1. The van der Waals surface area contributed by atoms with Gasteiger partial charge in [0.05, 0.1) is 25.9 Å². The van der Waals surface area contributed by atoms with Crippen LogP contribution in [0.5, 0.6) is 0 Å². The molecule has 0 bridgehead atoms. The van der Waals surface area contributed by atoms with E-state index < -0.39 is 12.2 Å². The van der Waals surface area contributed by atoms with Gasteiger partial charge in [-0.05, 0) is 39.5 Å². The smallest absolute Gasteiger partial charge is 0.306 e. The topological polar surface area (TPSA) is 195 Å². The highest BCUT2D eigenvalue weighted by Crippen LogP contribution is 2.19. The van der Waals surface area contributed by atoms with Crippen LogP contribution in [0, 0.1) is 0 Å². The maximum absolute atomic E-state index is 12.2. The second-order valence-electron chi connectivity index (χ2n) is 29.0. The van der Waals surface area contributed by atoms with Gasteiger partial charge < -0.3 is 44.1 Å². The number of carbonyl (C=O) groups excluding carboxylic acids is 4. The quantitative estimate of drug-likeness (QED) is 0.0255. The van der Waals surface area contributed by atoms with E-state index in [2.05, 4.69) is 27.7 Å². The summed E-state index contributed by atoms with van der Waals surface area (Å²) in [5.41, 5.74) is 0. The largest absolute Gasteiger partial charge is 0.463 e. The normalized spacial score (nSPS) is 12.5. The van der Waals surface area contributed by atoms with E-state index in [0.717, 1.165) is 51.4 Å². The van der Waals surface area contributed by atoms with E-state index >= 15 is 0 Å². The molecule has 4 N–H and O–H groups in total. The molecule has 0 aromatic rings. The van der Waals surface area contributed by atoms with Gasteiger partial charge in [-0.3, -0.25) is 19.2 Å². The van der Waals surface area contributed by atoms with Crippen LogP contribution in [-0.4, -0.2) is 108 Å². The van der Waals surface area contributed by atoms with E-state index in [4.69, 9.17) is 44.1 Å². The first-order valence-electron chi connectivity index (χ1n) is 42.3. The van der Waals surface area contributed by atoms with Crippen molar-refractivity contribution in [3.8, 4) is 0 Å². The number of rotatable bonds is 76. The van der Waals surface area contributed by atoms with E-state index in [0.29, 0.717) is 32.3 Å². The number of ether oxygens (including phenoxy) is 5. The van der Waals surface area contributed by atoms with Crippen LogP contribution in [0.4, 0.5) is 0 Å². The van der Waals surface area contributed by atoms with Crippen LogP contribution in [0.3, 0.4) is 0 Å². The van der Waals surface area contributed by atoms with Crippen molar-refractivity contribution in [1.29, 1.82) is 0 Å². The predicted octanol–water partition coefficient (Wildman–Crippen LogP) is 23.7. The minimum atomic E-state index is -0.954. The fourth-order valence-electron chi connectivity index (χ4n) is 12.1. The lowest BCUT2D eigenvalue weighted by molar-refractivity contribution is -0.154. The molecule has 0 fully saturated rings. The molecule has 0 aromatic heterocycles. The summed E-state index contributed by atoms with van der Waals surface area (Å²) >= 11 is 0. The Kier molecular flexibility index (Phi) is 87.7. The molecule has 0 aliphatic heterocycles. The maximum Gasteiger partial charge on any atom is 0.306 e. The Morgan fingerprint density at radius 2 is 0.412 bits per heavy atom. The summed E-state index contributed by atoms with van der Waals surface area (Å²) in [5.74, 6) is -0.833. The Morgan fingerprint density at radius 1 is 0.237 bits per heavy atom. The van der Waals surface area contributed by atoms with Crippen molar-refractivity contribution >= 4 is 23.9 Å². The molecule has 0 aliphatic rings. The summed E-state index contributed by atoms with van der Waals surface area (Å²) in [4.78, 5) is 47.0. The van der Waals surface area contributed by atoms with Crippen LogP contribution >= 0.6 is 0 Å². The van der Waals surface area contributed by atoms with Gasteiger partial charge in [-0.2, -0.15) is 0 Å². The molecule has 4 atom stereocenters. The summed E-state index contributed by atoms with van der Waals surface area (Å²) in [6.07, 6.45) is 78.0. The molecule has 0 radical (unpaired) electrons. The SMILES string of the molecule is CCCCCCCCCCCCCCCCCC(=O)OCC(C)OCC(C)OC(=O)CCCCCCCCCCCCCCCCC.CCCCCCCCCCCCCCCCCC(=O)OCC(O)CO.CCCCCCCCCCCCCCCCCC(=O)OCC(O)CO. The first-order valence-corrected chi connectivity index (χ1v) is 42.3. The molecule has 0 saturated carbocycles. The molecule has 0 heterocycles. The first-order chi connectivity index (χ1) is 47.4. The van der Waals surface area contributed by atoms with Gasteiger partial charge in [-0.25, -0.2) is 0 Å². The molecule has 0 spiro atoms. The molecular weight excluding hydrogens is 1220 g/mol. The van der Waals surface area contributed by atoms with Crippen molar-refractivity contribution in [2.24, 2.45) is 0 Å². The Labute approximate surface area is 600 Å². The standard InChI is InChI=1S/C42H82O5.2C21H42O4/c1-5-7-9-11-13-15-17-19-21-23-25-27-29-31-33-35-41(43)46-37-39(3)45-38-40(4)47-42(44)36-34-32-30-28-26-24-22-20-18-16-14-12-10-8-6-2;2*1-2-3-4-5-6-7-8-9-10-11-12-13-14-15-16-17-21(24)25-19-20(23)18-22/h39-40H,5-38H2,1-4H3;2*20,22-23H,2-19H2,1H3. The van der Waals surface area contributed by atoms with Gasteiger partial charge >= 0.3 is 23.9 Å². The van der Waals surface area contributed by atoms with Gasteiger partial charge in [0.15, 0.2) is 0 Å². The van der Waals surface area contributed by atoms with Gasteiger partial charge in [-0.1, -0.05) is 387 Å². The van der Waals surface area contributed by atoms with Crippen LogP contribution in [0.2, 0.25) is 0 Å². The van der Waals surface area contributed by atoms with Crippen molar-refractivity contribution in [3.05, 3.63) is 0 Å². The number of carbonyl (C=O) groups is 4. The van der Waals surface area contributed by atoms with E-state index in [9.17, 15) is 19.2 Å². The third-order valence-electron chi connectivity index (χ3n) is 18.7. The van der Waals surface area contributed by atoms with Crippen LogP contribution in [0.1, 0.15) is 452 Å². The molecule has 0 aromatic carbocycles. The van der Waals surface area contributed by atoms with Gasteiger partial charge in [0, 0.05) is 25.7 Å². The fraction of sp³-hybridized carbons (Fsp3) is 0.952. The second-order valence-corrected chi connectivity index (χ2v) is 29.0. The summed E-state index contributed by atoms with van der Waals surface area (Å²) in [7, 11) is 0. The second kappa shape index (κ2) is 86.1. The molecule has 13 nitrogen and oxygen atoms in total. The zero-order chi connectivity index (χ0) is 71.7. The zero-order valence-electron chi connectivity index (χ0n) is 65.3. The molecule has 0 saturated heterocycles. The molecule has 0 amide bonds. The molecule has 580 valence electrons. The van der Waals surface area contributed by atoms with Crippen molar-refractivity contribution in [2.45, 2.75) is 477 Å². The summed E-state index contributed by atoms with van der Waals surface area (Å²) in [5, 5.41) is 35.4. The highest BCUT2D eigenvalue weighted by molar-refractivity contribution is 5.70. The predicted molar refractivity (Wildman–Crippen MR) is 408 cm³/mol. The number of hydrogen-bond acceptors (Lipinski definition) is 13. The average Bonchev–Trinajstić information content (AvgIpc) is 3.80. The summed E-state index contributed by atoms with van der Waals surface area (Å²) < 4.78 is 26.4. The molecular formula is C84H166O13. The van der Waals surface area contributed by atoms with Crippen LogP contribution < -0.4 is 0 Å². The lowest BCUT2D eigenvalue weighted by Gasteiger charge is -2.18. The highest BCUT2D eigenvalue weighted by atomic mass is 16.6. The Hall–Kier alpha value is -2.32. The van der Waals surface area contributed by atoms with E-state index in [-0.39, 0.29) is 69.1 Å². The van der Waals surface area contributed by atoms with Crippen LogP contribution in [-0.2, 0) is 42.9 Å². The third kappa shape index (κ3) is 89.7. The van der Waals surface area contributed by atoms with Crippen molar-refractivity contribution in [3.63, 3.8) is 0 Å². The molecule has 4 unspecified atom stereocenters. The van der Waals surface area contributed by atoms with E-state index in [1.165, 1.54) is 334 Å². The van der Waals surface area contributed by atoms with Crippen LogP contribution in [0.25, 0.3) is 0 Å². The Balaban J connectivity index is -0.00000149. The van der Waals surface area contributed by atoms with Gasteiger partial charge in [-0.15, -0.1) is 0 Å². The van der Waals surface area contributed by atoms with Crippen molar-refractivity contribution in [1.82, 2.24) is 0 Å². The third-order valence-corrected chi connectivity index (χ3v) is 18.7. The number of esters is 4. The monoisotopic (exact) mass is 1380 g/mol. The Morgan fingerprint density at radius 3 is 0.608 bits per heavy atom. The number of hydrogen-bond donors (Lipinski definition) is 4. The molecule has 0 aliphatic carbocycles. The lowest BCUT2D eigenvalue weighted by atomic mass is 10.0. The van der Waals surface area contributed by atoms with Crippen molar-refractivity contribution < 1.29 is 63.3 Å². The first kappa shape index (κ1) is 98.9. The average molecular weight is 1380 g/mol. The molecule has 97 heavy (non-hydrogen) atoms. The summed E-state index contributed by atoms with van der Waals surface area (Å²) in [6, 6.07) is 0. The Bertz CT molecular complexity index is 1490.